The highest BCUT2D eigenvalue weighted by molar-refractivity contribution is 5.88. The summed E-state index contributed by atoms with van der Waals surface area (Å²) < 4.78 is 0. The minimum absolute atomic E-state index is 0.115. The number of carbonyl (C=O) groups excluding carboxylic acids is 1. The van der Waals surface area contributed by atoms with E-state index < -0.39 is 11.9 Å². The Labute approximate surface area is 82.8 Å². The molecule has 0 amide bonds. The van der Waals surface area contributed by atoms with Gasteiger partial charge in [0, 0.05) is 12.3 Å². The lowest BCUT2D eigenvalue weighted by atomic mass is 9.67. The first-order valence-electron chi connectivity index (χ1n) is 5.12. The van der Waals surface area contributed by atoms with Crippen molar-refractivity contribution in [1.29, 1.82) is 0 Å². The lowest BCUT2D eigenvalue weighted by Gasteiger charge is -2.35. The molecule has 3 atom stereocenters. The highest BCUT2D eigenvalue weighted by Gasteiger charge is 2.41. The number of fused-ring (bicyclic) bond motifs is 1. The van der Waals surface area contributed by atoms with E-state index in [-0.39, 0.29) is 17.6 Å². The summed E-state index contributed by atoms with van der Waals surface area (Å²) in [5, 5.41) is 9.02. The molecule has 0 aromatic heterocycles. The SMILES string of the molecule is O=C1CC=CC2CCC[C@@H](C(=O)O)[C@H]12. The zero-order chi connectivity index (χ0) is 10.1. The summed E-state index contributed by atoms with van der Waals surface area (Å²) in [6.45, 7) is 0. The van der Waals surface area contributed by atoms with Crippen LogP contribution in [0.25, 0.3) is 0 Å². The number of carbonyl (C=O) groups is 2. The van der Waals surface area contributed by atoms with Crippen molar-refractivity contribution in [2.75, 3.05) is 0 Å². The van der Waals surface area contributed by atoms with Crippen molar-refractivity contribution in [3.05, 3.63) is 12.2 Å². The van der Waals surface area contributed by atoms with Gasteiger partial charge >= 0.3 is 5.97 Å². The van der Waals surface area contributed by atoms with Crippen molar-refractivity contribution in [3.63, 3.8) is 0 Å². The van der Waals surface area contributed by atoms with E-state index in [0.29, 0.717) is 12.8 Å². The monoisotopic (exact) mass is 194 g/mol. The molecule has 0 bridgehead atoms. The predicted molar refractivity (Wildman–Crippen MR) is 50.7 cm³/mol. The molecule has 1 N–H and O–H groups in total. The Hall–Kier alpha value is -1.12. The van der Waals surface area contributed by atoms with Crippen LogP contribution in [0.3, 0.4) is 0 Å². The number of allylic oxidation sites excluding steroid dienone is 2. The molecule has 2 aliphatic rings. The van der Waals surface area contributed by atoms with Crippen LogP contribution in [0.15, 0.2) is 12.2 Å². The third-order valence-electron chi connectivity index (χ3n) is 3.34. The fourth-order valence-corrected chi connectivity index (χ4v) is 2.68. The fraction of sp³-hybridized carbons (Fsp3) is 0.636. The highest BCUT2D eigenvalue weighted by atomic mass is 16.4. The lowest BCUT2D eigenvalue weighted by Crippen LogP contribution is -2.39. The van der Waals surface area contributed by atoms with Crippen molar-refractivity contribution in [3.8, 4) is 0 Å². The van der Waals surface area contributed by atoms with E-state index in [2.05, 4.69) is 0 Å². The molecule has 0 aromatic rings. The molecular formula is C11H14O3. The Kier molecular flexibility index (Phi) is 2.40. The predicted octanol–water partition coefficient (Wildman–Crippen LogP) is 1.63. The average Bonchev–Trinajstić information content (AvgIpc) is 2.17. The van der Waals surface area contributed by atoms with E-state index in [1.54, 1.807) is 0 Å². The smallest absolute Gasteiger partial charge is 0.307 e. The second-order valence-corrected chi connectivity index (χ2v) is 4.16. The van der Waals surface area contributed by atoms with Gasteiger partial charge in [-0.2, -0.15) is 0 Å². The Morgan fingerprint density at radius 2 is 2.21 bits per heavy atom. The molecular weight excluding hydrogens is 180 g/mol. The van der Waals surface area contributed by atoms with Gasteiger partial charge in [0.15, 0.2) is 0 Å². The second kappa shape index (κ2) is 3.56. The van der Waals surface area contributed by atoms with Gasteiger partial charge in [0.25, 0.3) is 0 Å². The van der Waals surface area contributed by atoms with Gasteiger partial charge in [0.1, 0.15) is 5.78 Å². The van der Waals surface area contributed by atoms with Crippen LogP contribution in [0.2, 0.25) is 0 Å². The van der Waals surface area contributed by atoms with Crippen LogP contribution >= 0.6 is 0 Å². The van der Waals surface area contributed by atoms with Crippen molar-refractivity contribution in [2.45, 2.75) is 25.7 Å². The molecule has 3 heteroatoms. The van der Waals surface area contributed by atoms with Crippen LogP contribution in [0.5, 0.6) is 0 Å². The Morgan fingerprint density at radius 1 is 1.43 bits per heavy atom. The molecule has 0 radical (unpaired) electrons. The average molecular weight is 194 g/mol. The van der Waals surface area contributed by atoms with Crippen LogP contribution < -0.4 is 0 Å². The first-order chi connectivity index (χ1) is 6.70. The van der Waals surface area contributed by atoms with Gasteiger partial charge in [-0.15, -0.1) is 0 Å². The summed E-state index contributed by atoms with van der Waals surface area (Å²) in [5.74, 6) is -1.18. The van der Waals surface area contributed by atoms with Crippen molar-refractivity contribution in [1.82, 2.24) is 0 Å². The topological polar surface area (TPSA) is 54.4 Å². The highest BCUT2D eigenvalue weighted by Crippen LogP contribution is 2.39. The summed E-state index contributed by atoms with van der Waals surface area (Å²) in [6.07, 6.45) is 6.89. The molecule has 1 saturated carbocycles. The van der Waals surface area contributed by atoms with Gasteiger partial charge in [0.05, 0.1) is 5.92 Å². The van der Waals surface area contributed by atoms with E-state index in [1.165, 1.54) is 0 Å². The standard InChI is InChI=1S/C11H14O3/c12-9-6-2-4-7-3-1-5-8(10(7)9)11(13)14/h2,4,7-8,10H,1,3,5-6H2,(H,13,14)/t7?,8-,10-/m1/s1. The number of Topliss-reactive ketones (excluding diaryl/α,β-unsaturated/α-hetero) is 1. The van der Waals surface area contributed by atoms with Crippen LogP contribution in [0.1, 0.15) is 25.7 Å². The Morgan fingerprint density at radius 3 is 2.93 bits per heavy atom. The maximum Gasteiger partial charge on any atom is 0.307 e. The number of carboxylic acids is 1. The van der Waals surface area contributed by atoms with Gasteiger partial charge in [-0.25, -0.2) is 0 Å². The fourth-order valence-electron chi connectivity index (χ4n) is 2.68. The quantitative estimate of drug-likeness (QED) is 0.645. The minimum Gasteiger partial charge on any atom is -0.481 e. The van der Waals surface area contributed by atoms with E-state index in [9.17, 15) is 9.59 Å². The first-order valence-corrected chi connectivity index (χ1v) is 5.12. The summed E-state index contributed by atoms with van der Waals surface area (Å²) in [4.78, 5) is 22.6. The number of rotatable bonds is 1. The first kappa shape index (κ1) is 9.44. The number of hydrogen-bond donors (Lipinski definition) is 1. The molecule has 0 aromatic carbocycles. The summed E-state index contributed by atoms with van der Waals surface area (Å²) in [5.41, 5.74) is 0. The lowest BCUT2D eigenvalue weighted by molar-refractivity contribution is -0.149. The van der Waals surface area contributed by atoms with Crippen LogP contribution in [0, 0.1) is 17.8 Å². The van der Waals surface area contributed by atoms with Gasteiger partial charge < -0.3 is 5.11 Å². The normalized spacial score (nSPS) is 36.6. The van der Waals surface area contributed by atoms with E-state index >= 15 is 0 Å². The van der Waals surface area contributed by atoms with E-state index in [4.69, 9.17) is 5.11 Å². The molecule has 0 saturated heterocycles. The molecule has 1 unspecified atom stereocenters. The van der Waals surface area contributed by atoms with Crippen molar-refractivity contribution in [2.24, 2.45) is 17.8 Å². The molecule has 76 valence electrons. The maximum atomic E-state index is 11.6. The number of hydrogen-bond acceptors (Lipinski definition) is 2. The van der Waals surface area contributed by atoms with Crippen molar-refractivity contribution < 1.29 is 14.7 Å². The largest absolute Gasteiger partial charge is 0.481 e. The Balaban J connectivity index is 2.25. The van der Waals surface area contributed by atoms with E-state index in [0.717, 1.165) is 12.8 Å². The molecule has 0 spiro atoms. The summed E-state index contributed by atoms with van der Waals surface area (Å²) >= 11 is 0. The minimum atomic E-state index is -0.802. The van der Waals surface area contributed by atoms with E-state index in [1.807, 2.05) is 12.2 Å². The second-order valence-electron chi connectivity index (χ2n) is 4.16. The summed E-state index contributed by atoms with van der Waals surface area (Å²) in [6, 6.07) is 0. The van der Waals surface area contributed by atoms with Gasteiger partial charge in [0.2, 0.25) is 0 Å². The molecule has 1 fully saturated rings. The third kappa shape index (κ3) is 1.47. The zero-order valence-corrected chi connectivity index (χ0v) is 7.98. The number of ketones is 1. The van der Waals surface area contributed by atoms with Crippen LogP contribution in [0.4, 0.5) is 0 Å². The third-order valence-corrected chi connectivity index (χ3v) is 3.34. The molecule has 2 aliphatic carbocycles. The molecule has 3 nitrogen and oxygen atoms in total. The number of carboxylic acid groups (broad SMARTS) is 1. The summed E-state index contributed by atoms with van der Waals surface area (Å²) in [7, 11) is 0. The molecule has 2 rings (SSSR count). The van der Waals surface area contributed by atoms with Gasteiger partial charge in [-0.1, -0.05) is 18.6 Å². The number of aliphatic carboxylic acids is 1. The van der Waals surface area contributed by atoms with Crippen LogP contribution in [-0.2, 0) is 9.59 Å². The zero-order valence-electron chi connectivity index (χ0n) is 7.98. The Bertz CT molecular complexity index is 293. The van der Waals surface area contributed by atoms with Crippen LogP contribution in [-0.4, -0.2) is 16.9 Å². The maximum absolute atomic E-state index is 11.6. The van der Waals surface area contributed by atoms with Crippen molar-refractivity contribution >= 4 is 11.8 Å². The van der Waals surface area contributed by atoms with Gasteiger partial charge in [-0.05, 0) is 18.8 Å². The van der Waals surface area contributed by atoms with Gasteiger partial charge in [-0.3, -0.25) is 9.59 Å². The molecule has 0 heterocycles. The molecule has 0 aliphatic heterocycles. The molecule has 14 heavy (non-hydrogen) atoms.